The van der Waals surface area contributed by atoms with Crippen molar-refractivity contribution in [3.05, 3.63) is 48.0 Å². The van der Waals surface area contributed by atoms with Gasteiger partial charge in [0, 0.05) is 18.8 Å². The molecule has 0 aliphatic carbocycles. The van der Waals surface area contributed by atoms with Crippen LogP contribution in [0, 0.1) is 0 Å². The lowest BCUT2D eigenvalue weighted by atomic mass is 10.00. The molecule has 3 nitrogen and oxygen atoms in total. The van der Waals surface area contributed by atoms with Crippen LogP contribution in [0.2, 0.25) is 0 Å². The van der Waals surface area contributed by atoms with Crippen LogP contribution in [-0.2, 0) is 0 Å². The highest BCUT2D eigenvalue weighted by molar-refractivity contribution is 14.0. The lowest BCUT2D eigenvalue weighted by molar-refractivity contribution is 0.688. The third-order valence-corrected chi connectivity index (χ3v) is 4.80. The second-order valence-corrected chi connectivity index (χ2v) is 6.71. The van der Waals surface area contributed by atoms with Crippen molar-refractivity contribution in [3.8, 4) is 0 Å². The van der Waals surface area contributed by atoms with Gasteiger partial charge >= 0.3 is 0 Å². The van der Waals surface area contributed by atoms with Crippen molar-refractivity contribution in [1.29, 1.82) is 0 Å². The van der Waals surface area contributed by atoms with E-state index in [0.717, 1.165) is 12.5 Å². The van der Waals surface area contributed by atoms with E-state index in [1.54, 1.807) is 0 Å². The average molecular weight is 443 g/mol. The number of hydrogen-bond donors (Lipinski definition) is 2. The fourth-order valence-corrected chi connectivity index (χ4v) is 2.68. The summed E-state index contributed by atoms with van der Waals surface area (Å²) in [6.07, 6.45) is 2.13. The van der Waals surface area contributed by atoms with Gasteiger partial charge in [0.25, 0.3) is 0 Å². The minimum Gasteiger partial charge on any atom is -0.355 e. The fraction of sp³-hybridized carbons (Fsp3) is 0.389. The summed E-state index contributed by atoms with van der Waals surface area (Å²) in [5.41, 5.74) is 1.29. The Morgan fingerprint density at radius 3 is 2.52 bits per heavy atom. The Bertz CT molecular complexity index is 640. The summed E-state index contributed by atoms with van der Waals surface area (Å²) in [6, 6.07) is 15.1. The average Bonchev–Trinajstić information content (AvgIpc) is 2.57. The first kappa shape index (κ1) is 20.1. The lowest BCUT2D eigenvalue weighted by Crippen LogP contribution is -2.41. The van der Waals surface area contributed by atoms with Crippen molar-refractivity contribution >= 4 is 52.5 Å². The van der Waals surface area contributed by atoms with Gasteiger partial charge in [-0.15, -0.1) is 24.0 Å². The van der Waals surface area contributed by atoms with E-state index >= 15 is 0 Å². The maximum atomic E-state index is 4.33. The van der Waals surface area contributed by atoms with Gasteiger partial charge in [0.15, 0.2) is 5.96 Å². The topological polar surface area (TPSA) is 36.4 Å². The highest BCUT2D eigenvalue weighted by Crippen LogP contribution is 2.23. The summed E-state index contributed by atoms with van der Waals surface area (Å²) in [7, 11) is 1.81. The van der Waals surface area contributed by atoms with Crippen molar-refractivity contribution in [2.24, 2.45) is 4.99 Å². The van der Waals surface area contributed by atoms with Gasteiger partial charge in [-0.1, -0.05) is 49.4 Å². The molecule has 2 rings (SSSR count). The van der Waals surface area contributed by atoms with E-state index in [1.165, 1.54) is 16.3 Å². The Kier molecular flexibility index (Phi) is 8.76. The quantitative estimate of drug-likeness (QED) is 0.408. The Hall–Kier alpha value is -0.950. The van der Waals surface area contributed by atoms with Gasteiger partial charge in [0.05, 0.1) is 6.04 Å². The first-order valence-corrected chi connectivity index (χ1v) is 8.92. The smallest absolute Gasteiger partial charge is 0.191 e. The zero-order valence-corrected chi connectivity index (χ0v) is 17.3. The number of thioether (sulfide) groups is 1. The Morgan fingerprint density at radius 2 is 1.83 bits per heavy atom. The summed E-state index contributed by atoms with van der Waals surface area (Å²) in [5.74, 6) is 0.848. The van der Waals surface area contributed by atoms with Crippen LogP contribution >= 0.6 is 35.7 Å². The monoisotopic (exact) mass is 443 g/mol. The van der Waals surface area contributed by atoms with Gasteiger partial charge in [-0.3, -0.25) is 4.99 Å². The molecular formula is C18H26IN3S. The zero-order chi connectivity index (χ0) is 15.9. The summed E-state index contributed by atoms with van der Waals surface area (Å²) in [6.45, 7) is 5.29. The molecule has 0 aliphatic heterocycles. The van der Waals surface area contributed by atoms with E-state index in [2.05, 4.69) is 78.2 Å². The first-order valence-electron chi connectivity index (χ1n) is 7.63. The van der Waals surface area contributed by atoms with Crippen molar-refractivity contribution in [2.75, 3.05) is 19.8 Å². The van der Waals surface area contributed by atoms with Gasteiger partial charge < -0.3 is 10.6 Å². The molecule has 0 aliphatic rings. The third-order valence-electron chi connectivity index (χ3n) is 3.83. The number of hydrogen-bond acceptors (Lipinski definition) is 2. The minimum atomic E-state index is 0. The largest absolute Gasteiger partial charge is 0.355 e. The van der Waals surface area contributed by atoms with Crippen molar-refractivity contribution in [2.45, 2.75) is 25.1 Å². The number of guanidine groups is 1. The second-order valence-electron chi connectivity index (χ2n) is 5.43. The maximum absolute atomic E-state index is 4.33. The van der Waals surface area contributed by atoms with Gasteiger partial charge in [-0.2, -0.15) is 11.8 Å². The standard InChI is InChI=1S/C18H25N3S.HI/c1-13(22-4)12-20-18(19-3)21-14(2)16-11-7-9-15-8-5-6-10-17(15)16;/h5-11,13-14H,12H2,1-4H3,(H2,19,20,21);1H. The molecule has 23 heavy (non-hydrogen) atoms. The van der Waals surface area contributed by atoms with E-state index in [-0.39, 0.29) is 30.0 Å². The van der Waals surface area contributed by atoms with Gasteiger partial charge in [0.2, 0.25) is 0 Å². The number of fused-ring (bicyclic) bond motifs is 1. The first-order chi connectivity index (χ1) is 10.7. The molecule has 2 aromatic rings. The van der Waals surface area contributed by atoms with E-state index in [1.807, 2.05) is 18.8 Å². The molecular weight excluding hydrogens is 417 g/mol. The van der Waals surface area contributed by atoms with Crippen LogP contribution in [0.3, 0.4) is 0 Å². The molecule has 2 aromatic carbocycles. The minimum absolute atomic E-state index is 0. The molecule has 0 spiro atoms. The summed E-state index contributed by atoms with van der Waals surface area (Å²) in [5, 5.41) is 9.99. The molecule has 0 saturated heterocycles. The van der Waals surface area contributed by atoms with Crippen LogP contribution in [0.25, 0.3) is 10.8 Å². The van der Waals surface area contributed by atoms with Crippen molar-refractivity contribution in [1.82, 2.24) is 10.6 Å². The van der Waals surface area contributed by atoms with Crippen LogP contribution in [0.4, 0.5) is 0 Å². The van der Waals surface area contributed by atoms with E-state index in [0.29, 0.717) is 5.25 Å². The molecule has 0 radical (unpaired) electrons. The number of rotatable bonds is 5. The van der Waals surface area contributed by atoms with E-state index in [9.17, 15) is 0 Å². The van der Waals surface area contributed by atoms with Crippen LogP contribution in [0.15, 0.2) is 47.5 Å². The summed E-state index contributed by atoms with van der Waals surface area (Å²) >= 11 is 1.85. The molecule has 126 valence electrons. The number of nitrogens with zero attached hydrogens (tertiary/aromatic N) is 1. The zero-order valence-electron chi connectivity index (χ0n) is 14.2. The molecule has 2 N–H and O–H groups in total. The molecule has 0 saturated carbocycles. The van der Waals surface area contributed by atoms with Gasteiger partial charge in [-0.25, -0.2) is 0 Å². The van der Waals surface area contributed by atoms with E-state index in [4.69, 9.17) is 0 Å². The summed E-state index contributed by atoms with van der Waals surface area (Å²) < 4.78 is 0. The molecule has 2 unspecified atom stereocenters. The predicted octanol–water partition coefficient (Wildman–Crippen LogP) is 4.44. The molecule has 0 amide bonds. The molecule has 5 heteroatoms. The number of nitrogens with one attached hydrogen (secondary N) is 2. The van der Waals surface area contributed by atoms with Crippen LogP contribution in [0.5, 0.6) is 0 Å². The number of halogens is 1. The van der Waals surface area contributed by atoms with E-state index < -0.39 is 0 Å². The number of aliphatic imine (C=N–C) groups is 1. The van der Waals surface area contributed by atoms with Gasteiger partial charge in [-0.05, 0) is 29.5 Å². The van der Waals surface area contributed by atoms with Crippen LogP contribution < -0.4 is 10.6 Å². The van der Waals surface area contributed by atoms with Crippen LogP contribution in [0.1, 0.15) is 25.5 Å². The highest BCUT2D eigenvalue weighted by atomic mass is 127. The second kappa shape index (κ2) is 10.0. The molecule has 2 atom stereocenters. The molecule has 0 bridgehead atoms. The number of benzene rings is 2. The van der Waals surface area contributed by atoms with Crippen molar-refractivity contribution in [3.63, 3.8) is 0 Å². The SMILES string of the molecule is CN=C(NCC(C)SC)NC(C)c1cccc2ccccc12.I. The summed E-state index contributed by atoms with van der Waals surface area (Å²) in [4.78, 5) is 4.33. The molecule has 0 fully saturated rings. The Morgan fingerprint density at radius 1 is 1.13 bits per heavy atom. The molecule has 0 heterocycles. The predicted molar refractivity (Wildman–Crippen MR) is 115 cm³/mol. The van der Waals surface area contributed by atoms with Gasteiger partial charge in [0.1, 0.15) is 0 Å². The Balaban J connectivity index is 0.00000264. The lowest BCUT2D eigenvalue weighted by Gasteiger charge is -2.20. The maximum Gasteiger partial charge on any atom is 0.191 e. The normalized spacial score (nSPS) is 14.0. The van der Waals surface area contributed by atoms with Crippen LogP contribution in [-0.4, -0.2) is 31.1 Å². The Labute approximate surface area is 160 Å². The molecule has 0 aromatic heterocycles. The third kappa shape index (κ3) is 5.57. The fourth-order valence-electron chi connectivity index (χ4n) is 2.43. The van der Waals surface area contributed by atoms with Crippen molar-refractivity contribution < 1.29 is 0 Å². The highest BCUT2D eigenvalue weighted by Gasteiger charge is 2.11.